The molecule has 0 bridgehead atoms. The number of hydrogen-bond donors (Lipinski definition) is 0. The first-order valence-corrected chi connectivity index (χ1v) is 11.7. The molecule has 2 rings (SSSR count). The average Bonchev–Trinajstić information content (AvgIpc) is 2.84. The molecule has 0 spiro atoms. The maximum absolute atomic E-state index is 13.2. The number of methoxy groups -OCH3 is 1. The molecule has 1 atom stereocenters. The first kappa shape index (κ1) is 25.4. The zero-order valence-corrected chi connectivity index (χ0v) is 19.7. The van der Waals surface area contributed by atoms with Gasteiger partial charge in [0.2, 0.25) is 5.91 Å². The fraction of sp³-hybridized carbons (Fsp3) is 0.481. The Morgan fingerprint density at radius 1 is 0.875 bits per heavy atom. The van der Waals surface area contributed by atoms with Gasteiger partial charge in [-0.2, -0.15) is 0 Å². The van der Waals surface area contributed by atoms with E-state index in [0.717, 1.165) is 24.8 Å². The quantitative estimate of drug-likeness (QED) is 0.201. The van der Waals surface area contributed by atoms with Crippen LogP contribution in [-0.4, -0.2) is 26.0 Å². The number of hydrogen-bond acceptors (Lipinski definition) is 4. The average molecular weight is 440 g/mol. The minimum atomic E-state index is -0.803. The van der Waals surface area contributed by atoms with Crippen molar-refractivity contribution in [1.82, 2.24) is 0 Å². The molecule has 5 heteroatoms. The third-order valence-corrected chi connectivity index (χ3v) is 5.67. The van der Waals surface area contributed by atoms with Gasteiger partial charge in [0.15, 0.2) is 0 Å². The molecule has 1 amide bonds. The van der Waals surface area contributed by atoms with E-state index in [1.165, 1.54) is 37.7 Å². The highest BCUT2D eigenvalue weighted by atomic mass is 16.5. The number of rotatable bonds is 14. The lowest BCUT2D eigenvalue weighted by Gasteiger charge is -2.24. The molecule has 0 radical (unpaired) electrons. The molecule has 0 aromatic heterocycles. The van der Waals surface area contributed by atoms with Crippen molar-refractivity contribution < 1.29 is 19.1 Å². The highest BCUT2D eigenvalue weighted by Crippen LogP contribution is 2.30. The lowest BCUT2D eigenvalue weighted by Crippen LogP contribution is -2.37. The number of ether oxygens (including phenoxy) is 2. The molecule has 5 nitrogen and oxygen atoms in total. The first-order valence-electron chi connectivity index (χ1n) is 11.7. The number of unbranched alkanes of at least 4 members (excludes halogenated alkanes) is 6. The number of esters is 1. The van der Waals surface area contributed by atoms with Crippen LogP contribution in [0.15, 0.2) is 54.6 Å². The van der Waals surface area contributed by atoms with Crippen LogP contribution in [0.1, 0.15) is 63.9 Å². The molecular weight excluding hydrogens is 402 g/mol. The second kappa shape index (κ2) is 14.3. The number of para-hydroxylation sites is 2. The minimum Gasteiger partial charge on any atom is -0.487 e. The van der Waals surface area contributed by atoms with Crippen molar-refractivity contribution >= 4 is 17.6 Å². The van der Waals surface area contributed by atoms with Gasteiger partial charge in [-0.05, 0) is 24.1 Å². The molecule has 2 aromatic carbocycles. The van der Waals surface area contributed by atoms with Gasteiger partial charge in [-0.1, -0.05) is 94.3 Å². The van der Waals surface area contributed by atoms with Gasteiger partial charge in [-0.15, -0.1) is 0 Å². The van der Waals surface area contributed by atoms with Crippen LogP contribution >= 0.6 is 0 Å². The van der Waals surface area contributed by atoms with Crippen LogP contribution in [0.5, 0.6) is 5.75 Å². The van der Waals surface area contributed by atoms with Gasteiger partial charge in [0, 0.05) is 7.05 Å². The molecule has 0 saturated heterocycles. The Balaban J connectivity index is 2.01. The minimum absolute atomic E-state index is 0.265. The molecule has 0 N–H and O–H groups in total. The summed E-state index contributed by atoms with van der Waals surface area (Å²) in [5.41, 5.74) is 1.68. The lowest BCUT2D eigenvalue weighted by atomic mass is 9.98. The van der Waals surface area contributed by atoms with Crippen LogP contribution in [0.3, 0.4) is 0 Å². The number of anilines is 1. The number of amides is 1. The van der Waals surface area contributed by atoms with E-state index in [2.05, 4.69) is 6.92 Å². The summed E-state index contributed by atoms with van der Waals surface area (Å²) in [6, 6.07) is 17.3. The van der Waals surface area contributed by atoms with Crippen LogP contribution in [0, 0.1) is 5.92 Å². The van der Waals surface area contributed by atoms with Gasteiger partial charge in [0.05, 0.1) is 12.8 Å². The number of carbonyl (C=O) groups is 2. The van der Waals surface area contributed by atoms with Crippen molar-refractivity contribution in [3.63, 3.8) is 0 Å². The van der Waals surface area contributed by atoms with Gasteiger partial charge in [-0.25, -0.2) is 0 Å². The van der Waals surface area contributed by atoms with Gasteiger partial charge < -0.3 is 14.4 Å². The SMILES string of the molecule is CCCCCCCCCC(C(=O)OC)C(=O)N(C)c1ccccc1OCc1ccccc1. The monoisotopic (exact) mass is 439 g/mol. The smallest absolute Gasteiger partial charge is 0.318 e. The van der Waals surface area contributed by atoms with E-state index in [1.807, 2.05) is 54.6 Å². The molecule has 1 unspecified atom stereocenters. The summed E-state index contributed by atoms with van der Waals surface area (Å²) in [7, 11) is 3.03. The summed E-state index contributed by atoms with van der Waals surface area (Å²) >= 11 is 0. The van der Waals surface area contributed by atoms with Crippen molar-refractivity contribution in [2.45, 2.75) is 64.9 Å². The van der Waals surface area contributed by atoms with Gasteiger partial charge in [0.1, 0.15) is 18.3 Å². The Kier molecular flexibility index (Phi) is 11.4. The summed E-state index contributed by atoms with van der Waals surface area (Å²) in [6.45, 7) is 2.60. The summed E-state index contributed by atoms with van der Waals surface area (Å²) in [4.78, 5) is 27.2. The molecule has 2 aromatic rings. The van der Waals surface area contributed by atoms with Gasteiger partial charge in [0.25, 0.3) is 0 Å². The Hall–Kier alpha value is -2.82. The lowest BCUT2D eigenvalue weighted by molar-refractivity contribution is -0.149. The van der Waals surface area contributed by atoms with E-state index in [9.17, 15) is 9.59 Å². The zero-order chi connectivity index (χ0) is 23.2. The molecule has 0 aliphatic rings. The van der Waals surface area contributed by atoms with Crippen molar-refractivity contribution in [3.05, 3.63) is 60.2 Å². The third-order valence-electron chi connectivity index (χ3n) is 5.67. The largest absolute Gasteiger partial charge is 0.487 e. The van der Waals surface area contributed by atoms with Crippen molar-refractivity contribution in [2.75, 3.05) is 19.1 Å². The molecular formula is C27H37NO4. The maximum Gasteiger partial charge on any atom is 0.318 e. The summed E-state index contributed by atoms with van der Waals surface area (Å²) in [6.07, 6.45) is 8.42. The van der Waals surface area contributed by atoms with Crippen LogP contribution in [0.4, 0.5) is 5.69 Å². The van der Waals surface area contributed by atoms with Crippen LogP contribution in [0.2, 0.25) is 0 Å². The van der Waals surface area contributed by atoms with Crippen molar-refractivity contribution in [2.24, 2.45) is 5.92 Å². The van der Waals surface area contributed by atoms with Gasteiger partial charge in [-0.3, -0.25) is 9.59 Å². The second-order valence-corrected chi connectivity index (χ2v) is 8.12. The van der Waals surface area contributed by atoms with Crippen molar-refractivity contribution in [1.29, 1.82) is 0 Å². The van der Waals surface area contributed by atoms with Crippen LogP contribution < -0.4 is 9.64 Å². The van der Waals surface area contributed by atoms with E-state index in [1.54, 1.807) is 7.05 Å². The molecule has 0 aliphatic heterocycles. The van der Waals surface area contributed by atoms with Gasteiger partial charge >= 0.3 is 5.97 Å². The fourth-order valence-corrected chi connectivity index (χ4v) is 3.73. The standard InChI is InChI=1S/C27H37NO4/c1-4-5-6-7-8-9-13-18-23(27(30)31-3)26(29)28(2)24-19-14-15-20-25(24)32-21-22-16-11-10-12-17-22/h10-12,14-17,19-20,23H,4-9,13,18,21H2,1-3H3. The summed E-state index contributed by atoms with van der Waals surface area (Å²) in [5.74, 6) is -0.941. The molecule has 174 valence electrons. The molecule has 0 aliphatic carbocycles. The molecule has 32 heavy (non-hydrogen) atoms. The van der Waals surface area contributed by atoms with Crippen LogP contribution in [-0.2, 0) is 20.9 Å². The van der Waals surface area contributed by atoms with E-state index in [0.29, 0.717) is 24.5 Å². The highest BCUT2D eigenvalue weighted by Gasteiger charge is 2.31. The predicted molar refractivity (Wildman–Crippen MR) is 129 cm³/mol. The number of nitrogens with zero attached hydrogens (tertiary/aromatic N) is 1. The second-order valence-electron chi connectivity index (χ2n) is 8.12. The van der Waals surface area contributed by atoms with E-state index in [4.69, 9.17) is 9.47 Å². The Labute approximate surface area is 192 Å². The predicted octanol–water partition coefficient (Wildman–Crippen LogP) is 6.16. The van der Waals surface area contributed by atoms with E-state index >= 15 is 0 Å². The zero-order valence-electron chi connectivity index (χ0n) is 19.7. The molecule has 0 heterocycles. The first-order chi connectivity index (χ1) is 15.6. The summed E-state index contributed by atoms with van der Waals surface area (Å²) in [5, 5.41) is 0. The Morgan fingerprint density at radius 2 is 1.50 bits per heavy atom. The number of carbonyl (C=O) groups excluding carboxylic acids is 2. The fourth-order valence-electron chi connectivity index (χ4n) is 3.73. The Bertz CT molecular complexity index is 821. The third kappa shape index (κ3) is 8.03. The highest BCUT2D eigenvalue weighted by molar-refractivity contribution is 6.06. The topological polar surface area (TPSA) is 55.8 Å². The van der Waals surface area contributed by atoms with E-state index in [-0.39, 0.29) is 5.91 Å². The Morgan fingerprint density at radius 3 is 2.19 bits per heavy atom. The number of benzene rings is 2. The van der Waals surface area contributed by atoms with E-state index < -0.39 is 11.9 Å². The normalized spacial score (nSPS) is 11.6. The molecule has 0 saturated carbocycles. The van der Waals surface area contributed by atoms with Crippen LogP contribution in [0.25, 0.3) is 0 Å². The summed E-state index contributed by atoms with van der Waals surface area (Å²) < 4.78 is 10.9. The molecule has 0 fully saturated rings. The van der Waals surface area contributed by atoms with Crippen molar-refractivity contribution in [3.8, 4) is 5.75 Å². The maximum atomic E-state index is 13.2.